The van der Waals surface area contributed by atoms with Crippen LogP contribution < -0.4 is 10.1 Å². The standard InChI is InChI=1S/C26H21Cl4NO.ClH/c27-20-8-5-18(24(29)13-20)11-12-31-15-23-22-4-2-1-3-17(22)7-10-26(23)32-16-19-6-9-21(28)14-25(19)30;/h1-10,13-14,31H,11-12,15-16H2;1H. The highest BCUT2D eigenvalue weighted by molar-refractivity contribution is 6.35. The number of hydrogen-bond acceptors (Lipinski definition) is 2. The van der Waals surface area contributed by atoms with Crippen LogP contribution in [0.4, 0.5) is 0 Å². The van der Waals surface area contributed by atoms with Crippen LogP contribution in [0.25, 0.3) is 10.8 Å². The zero-order chi connectivity index (χ0) is 22.5. The first-order valence-corrected chi connectivity index (χ1v) is 11.7. The Balaban J connectivity index is 0.00000306. The number of hydrogen-bond donors (Lipinski definition) is 1. The van der Waals surface area contributed by atoms with Gasteiger partial charge in [0.1, 0.15) is 12.4 Å². The van der Waals surface area contributed by atoms with Gasteiger partial charge in [-0.05, 0) is 59.6 Å². The first kappa shape index (κ1) is 26.0. The second-order valence-corrected chi connectivity index (χ2v) is 9.14. The molecule has 172 valence electrons. The number of halogens is 5. The molecule has 4 aromatic rings. The van der Waals surface area contributed by atoms with E-state index in [9.17, 15) is 0 Å². The van der Waals surface area contributed by atoms with E-state index in [1.807, 2.05) is 42.5 Å². The van der Waals surface area contributed by atoms with E-state index in [2.05, 4.69) is 23.5 Å². The Labute approximate surface area is 220 Å². The van der Waals surface area contributed by atoms with Crippen molar-refractivity contribution in [1.82, 2.24) is 5.32 Å². The summed E-state index contributed by atoms with van der Waals surface area (Å²) in [6, 6.07) is 23.4. The number of ether oxygens (including phenoxy) is 1. The van der Waals surface area contributed by atoms with Crippen molar-refractivity contribution in [2.75, 3.05) is 6.54 Å². The molecule has 1 N–H and O–H groups in total. The molecule has 33 heavy (non-hydrogen) atoms. The van der Waals surface area contributed by atoms with Crippen LogP contribution in [0.1, 0.15) is 16.7 Å². The number of nitrogens with one attached hydrogen (secondary N) is 1. The van der Waals surface area contributed by atoms with Gasteiger partial charge in [-0.15, -0.1) is 12.4 Å². The Morgan fingerprint density at radius 2 is 1.39 bits per heavy atom. The molecule has 0 unspecified atom stereocenters. The van der Waals surface area contributed by atoms with E-state index in [-0.39, 0.29) is 12.4 Å². The smallest absolute Gasteiger partial charge is 0.124 e. The van der Waals surface area contributed by atoms with Gasteiger partial charge in [-0.3, -0.25) is 0 Å². The summed E-state index contributed by atoms with van der Waals surface area (Å²) in [6.07, 6.45) is 0.803. The van der Waals surface area contributed by atoms with E-state index < -0.39 is 0 Å². The molecule has 0 atom stereocenters. The largest absolute Gasteiger partial charge is 0.488 e. The first-order valence-electron chi connectivity index (χ1n) is 10.2. The van der Waals surface area contributed by atoms with Crippen molar-refractivity contribution in [2.45, 2.75) is 19.6 Å². The molecule has 0 aliphatic heterocycles. The molecule has 4 rings (SSSR count). The molecule has 0 heterocycles. The maximum absolute atomic E-state index is 6.32. The zero-order valence-corrected chi connectivity index (χ0v) is 21.4. The van der Waals surface area contributed by atoms with Crippen LogP contribution in [0.3, 0.4) is 0 Å². The normalized spacial score (nSPS) is 10.8. The van der Waals surface area contributed by atoms with Gasteiger partial charge in [0.25, 0.3) is 0 Å². The first-order chi connectivity index (χ1) is 15.5. The Morgan fingerprint density at radius 3 is 2.09 bits per heavy atom. The SMILES string of the molecule is Cl.Clc1ccc(CCNCc2c(OCc3ccc(Cl)cc3Cl)ccc3ccccc23)c(Cl)c1. The average molecular weight is 542 g/mol. The van der Waals surface area contributed by atoms with Crippen molar-refractivity contribution in [3.63, 3.8) is 0 Å². The fraction of sp³-hybridized carbons (Fsp3) is 0.154. The van der Waals surface area contributed by atoms with Gasteiger partial charge in [-0.25, -0.2) is 0 Å². The maximum Gasteiger partial charge on any atom is 0.124 e. The van der Waals surface area contributed by atoms with Crippen molar-refractivity contribution < 1.29 is 4.74 Å². The molecule has 0 bridgehead atoms. The Kier molecular flexibility index (Phi) is 9.57. The van der Waals surface area contributed by atoms with Crippen molar-refractivity contribution in [3.8, 4) is 5.75 Å². The van der Waals surface area contributed by atoms with E-state index in [4.69, 9.17) is 51.1 Å². The Morgan fingerprint density at radius 1 is 0.727 bits per heavy atom. The van der Waals surface area contributed by atoms with Gasteiger partial charge < -0.3 is 10.1 Å². The lowest BCUT2D eigenvalue weighted by Crippen LogP contribution is -2.17. The summed E-state index contributed by atoms with van der Waals surface area (Å²) in [6.45, 7) is 1.80. The molecule has 0 saturated heterocycles. The molecule has 0 fully saturated rings. The zero-order valence-electron chi connectivity index (χ0n) is 17.6. The predicted octanol–water partition coefficient (Wildman–Crippen LogP) is 8.79. The fourth-order valence-corrected chi connectivity index (χ4v) is 4.55. The molecule has 0 aromatic heterocycles. The van der Waals surface area contributed by atoms with Gasteiger partial charge in [-0.1, -0.05) is 88.9 Å². The topological polar surface area (TPSA) is 21.3 Å². The summed E-state index contributed by atoms with van der Waals surface area (Å²) in [5.41, 5.74) is 3.06. The Bertz CT molecular complexity index is 1240. The lowest BCUT2D eigenvalue weighted by atomic mass is 10.0. The summed E-state index contributed by atoms with van der Waals surface area (Å²) in [5, 5.41) is 8.39. The molecule has 4 aromatic carbocycles. The molecule has 0 amide bonds. The fourth-order valence-electron chi connectivity index (χ4n) is 3.59. The number of fused-ring (bicyclic) bond motifs is 1. The number of benzene rings is 4. The van der Waals surface area contributed by atoms with Crippen molar-refractivity contribution in [3.05, 3.63) is 110 Å². The molecular weight excluding hydrogens is 520 g/mol. The summed E-state index contributed by atoms with van der Waals surface area (Å²) in [7, 11) is 0. The Hall–Kier alpha value is -1.65. The van der Waals surface area contributed by atoms with E-state index in [0.717, 1.165) is 40.8 Å². The average Bonchev–Trinajstić information content (AvgIpc) is 2.78. The third kappa shape index (κ3) is 6.70. The molecule has 0 aliphatic rings. The van der Waals surface area contributed by atoms with Crippen molar-refractivity contribution in [2.24, 2.45) is 0 Å². The van der Waals surface area contributed by atoms with E-state index in [1.165, 1.54) is 5.39 Å². The van der Waals surface area contributed by atoms with Gasteiger partial charge in [0.2, 0.25) is 0 Å². The van der Waals surface area contributed by atoms with Crippen molar-refractivity contribution >= 4 is 69.6 Å². The van der Waals surface area contributed by atoms with Crippen LogP contribution in [-0.2, 0) is 19.6 Å². The third-order valence-electron chi connectivity index (χ3n) is 5.28. The summed E-state index contributed by atoms with van der Waals surface area (Å²) >= 11 is 24.6. The highest BCUT2D eigenvalue weighted by Crippen LogP contribution is 2.30. The quantitative estimate of drug-likeness (QED) is 0.225. The molecule has 2 nitrogen and oxygen atoms in total. The van der Waals surface area contributed by atoms with Crippen LogP contribution in [0.2, 0.25) is 20.1 Å². The van der Waals surface area contributed by atoms with Gasteiger partial charge in [0.15, 0.2) is 0 Å². The summed E-state index contributed by atoms with van der Waals surface area (Å²) in [4.78, 5) is 0. The lowest BCUT2D eigenvalue weighted by molar-refractivity contribution is 0.303. The molecule has 0 spiro atoms. The molecule has 0 radical (unpaired) electrons. The monoisotopic (exact) mass is 539 g/mol. The van der Waals surface area contributed by atoms with Crippen LogP contribution in [0, 0.1) is 0 Å². The van der Waals surface area contributed by atoms with E-state index in [0.29, 0.717) is 33.2 Å². The summed E-state index contributed by atoms with van der Waals surface area (Å²) < 4.78 is 6.20. The van der Waals surface area contributed by atoms with Crippen LogP contribution in [0.5, 0.6) is 5.75 Å². The highest BCUT2D eigenvalue weighted by atomic mass is 35.5. The van der Waals surface area contributed by atoms with Crippen LogP contribution in [-0.4, -0.2) is 6.54 Å². The van der Waals surface area contributed by atoms with Crippen LogP contribution >= 0.6 is 58.8 Å². The predicted molar refractivity (Wildman–Crippen MR) is 144 cm³/mol. The second-order valence-electron chi connectivity index (χ2n) is 7.45. The molecule has 0 aliphatic carbocycles. The minimum atomic E-state index is 0. The summed E-state index contributed by atoms with van der Waals surface area (Å²) in [5.74, 6) is 0.826. The minimum Gasteiger partial charge on any atom is -0.488 e. The van der Waals surface area contributed by atoms with Gasteiger partial charge >= 0.3 is 0 Å². The van der Waals surface area contributed by atoms with Gasteiger partial charge in [-0.2, -0.15) is 0 Å². The minimum absolute atomic E-state index is 0. The number of rotatable bonds is 8. The van der Waals surface area contributed by atoms with Gasteiger partial charge in [0, 0.05) is 37.8 Å². The van der Waals surface area contributed by atoms with Crippen molar-refractivity contribution in [1.29, 1.82) is 0 Å². The lowest BCUT2D eigenvalue weighted by Gasteiger charge is -2.16. The molecular formula is C26H22Cl5NO. The molecule has 0 saturated carbocycles. The second kappa shape index (κ2) is 12.2. The maximum atomic E-state index is 6.32. The third-order valence-corrected chi connectivity index (χ3v) is 6.46. The van der Waals surface area contributed by atoms with E-state index in [1.54, 1.807) is 12.1 Å². The molecule has 7 heteroatoms. The van der Waals surface area contributed by atoms with Gasteiger partial charge in [0.05, 0.1) is 0 Å². The van der Waals surface area contributed by atoms with E-state index >= 15 is 0 Å². The highest BCUT2D eigenvalue weighted by Gasteiger charge is 2.11. The van der Waals surface area contributed by atoms with Crippen LogP contribution in [0.15, 0.2) is 72.8 Å².